The van der Waals surface area contributed by atoms with E-state index in [-0.39, 0.29) is 5.91 Å². The number of halogens is 4. The molecule has 3 aromatic heterocycles. The van der Waals surface area contributed by atoms with Crippen molar-refractivity contribution in [3.63, 3.8) is 0 Å². The highest BCUT2D eigenvalue weighted by Gasteiger charge is 2.28. The summed E-state index contributed by atoms with van der Waals surface area (Å²) in [6, 6.07) is 8.87. The number of rotatable bonds is 7. The minimum absolute atomic E-state index is 0.110. The molecule has 14 heteroatoms. The fraction of sp³-hybridized carbons (Fsp3) is 0.286. The molecule has 10 nitrogen and oxygen atoms in total. The number of unbranched alkanes of at least 4 members (excludes halogenated alkanes) is 2. The second kappa shape index (κ2) is 11.1. The average molecular weight is 513 g/mol. The zero-order valence-corrected chi connectivity index (χ0v) is 18.9. The first-order chi connectivity index (χ1) is 16.6. The molecule has 1 amide bonds. The van der Waals surface area contributed by atoms with Crippen molar-refractivity contribution in [3.05, 3.63) is 41.6 Å². The number of nitrogens with one attached hydrogen (secondary N) is 1. The number of carbonyl (C=O) groups excluding carboxylic acids is 2. The quantitative estimate of drug-likeness (QED) is 0.360. The number of furan rings is 1. The minimum Gasteiger partial charge on any atom is -0.542 e. The van der Waals surface area contributed by atoms with Gasteiger partial charge in [-0.15, -0.1) is 5.10 Å². The summed E-state index contributed by atoms with van der Waals surface area (Å²) in [6.45, 7) is 0.880. The Kier molecular flexibility index (Phi) is 8.25. The zero-order chi connectivity index (χ0) is 25.6. The van der Waals surface area contributed by atoms with Crippen molar-refractivity contribution >= 4 is 46.0 Å². The van der Waals surface area contributed by atoms with Gasteiger partial charge in [0.25, 0.3) is 0 Å². The van der Waals surface area contributed by atoms with Gasteiger partial charge in [-0.1, -0.05) is 11.6 Å². The van der Waals surface area contributed by atoms with Crippen LogP contribution in [0.5, 0.6) is 0 Å². The van der Waals surface area contributed by atoms with Gasteiger partial charge < -0.3 is 20.1 Å². The van der Waals surface area contributed by atoms with Crippen LogP contribution >= 0.6 is 11.6 Å². The maximum Gasteiger partial charge on any atom is 0.430 e. The van der Waals surface area contributed by atoms with E-state index in [1.807, 2.05) is 0 Å². The lowest BCUT2D eigenvalue weighted by Gasteiger charge is -2.08. The van der Waals surface area contributed by atoms with E-state index < -0.39 is 12.1 Å². The molecule has 4 N–H and O–H groups in total. The third-order valence-corrected chi connectivity index (χ3v) is 4.85. The molecule has 186 valence electrons. The first-order valence-electron chi connectivity index (χ1n) is 10.4. The van der Waals surface area contributed by atoms with Gasteiger partial charge in [-0.25, -0.2) is 9.97 Å². The van der Waals surface area contributed by atoms with Crippen LogP contribution < -0.4 is 16.2 Å². The smallest absolute Gasteiger partial charge is 0.430 e. The van der Waals surface area contributed by atoms with Crippen molar-refractivity contribution in [1.29, 1.82) is 0 Å². The Morgan fingerprint density at radius 2 is 1.91 bits per heavy atom. The monoisotopic (exact) mass is 512 g/mol. The van der Waals surface area contributed by atoms with E-state index >= 15 is 0 Å². The lowest BCUT2D eigenvalue weighted by atomic mass is 10.2. The van der Waals surface area contributed by atoms with Gasteiger partial charge in [0.05, 0.1) is 18.3 Å². The number of anilines is 1. The Balaban J connectivity index is 0.000000429. The van der Waals surface area contributed by atoms with Gasteiger partial charge in [-0.2, -0.15) is 17.7 Å². The lowest BCUT2D eigenvalue weighted by molar-refractivity contribution is -0.368. The average Bonchev–Trinajstić information content (AvgIpc) is 3.47. The molecule has 0 unspecified atom stereocenters. The molecule has 0 saturated heterocycles. The van der Waals surface area contributed by atoms with Crippen molar-refractivity contribution in [1.82, 2.24) is 19.6 Å². The molecule has 0 fully saturated rings. The summed E-state index contributed by atoms with van der Waals surface area (Å²) in [5.74, 6) is -1.86. The number of alkyl halides is 3. The van der Waals surface area contributed by atoms with Crippen LogP contribution in [0.25, 0.3) is 28.1 Å². The second-order valence-corrected chi connectivity index (χ2v) is 7.68. The number of hydrogen-bond donors (Lipinski definition) is 2. The Morgan fingerprint density at radius 3 is 2.54 bits per heavy atom. The molecule has 0 spiro atoms. The molecule has 0 bridgehead atoms. The van der Waals surface area contributed by atoms with Crippen LogP contribution in [0, 0.1) is 0 Å². The number of carboxylic acid groups (broad SMARTS) is 1. The van der Waals surface area contributed by atoms with E-state index in [0.29, 0.717) is 40.1 Å². The first kappa shape index (κ1) is 25.9. The highest BCUT2D eigenvalue weighted by atomic mass is 35.5. The molecule has 0 aliphatic heterocycles. The fourth-order valence-corrected chi connectivity index (χ4v) is 3.17. The van der Waals surface area contributed by atoms with E-state index in [0.717, 1.165) is 31.2 Å². The molecule has 0 aliphatic rings. The second-order valence-electron chi connectivity index (χ2n) is 7.24. The lowest BCUT2D eigenvalue weighted by Crippen LogP contribution is -2.50. The highest BCUT2D eigenvalue weighted by Crippen LogP contribution is 2.26. The summed E-state index contributed by atoms with van der Waals surface area (Å²) in [7, 11) is 0. The normalized spacial score (nSPS) is 11.3. The van der Waals surface area contributed by atoms with Crippen molar-refractivity contribution < 1.29 is 38.0 Å². The topological polar surface area (TPSA) is 153 Å². The molecule has 0 aliphatic carbocycles. The Hall–Kier alpha value is -3.71. The number of amides is 1. The van der Waals surface area contributed by atoms with Gasteiger partial charge >= 0.3 is 6.18 Å². The number of benzene rings is 1. The fourth-order valence-electron chi connectivity index (χ4n) is 3.00. The van der Waals surface area contributed by atoms with Gasteiger partial charge in [0.15, 0.2) is 11.4 Å². The maximum atomic E-state index is 12.4. The van der Waals surface area contributed by atoms with Crippen molar-refractivity contribution in [2.45, 2.75) is 31.9 Å². The predicted octanol–water partition coefficient (Wildman–Crippen LogP) is 2.23. The molecule has 4 aromatic rings. The van der Waals surface area contributed by atoms with Gasteiger partial charge in [-0.3, -0.25) is 10.1 Å². The van der Waals surface area contributed by atoms with Gasteiger partial charge in [0.2, 0.25) is 17.7 Å². The highest BCUT2D eigenvalue weighted by molar-refractivity contribution is 6.31. The Labute approximate surface area is 200 Å². The van der Waals surface area contributed by atoms with E-state index in [2.05, 4.69) is 26.1 Å². The summed E-state index contributed by atoms with van der Waals surface area (Å²) < 4.78 is 38.5. The number of quaternary nitrogens is 1. The summed E-state index contributed by atoms with van der Waals surface area (Å²) in [5, 5.41) is 17.4. The molecule has 4 rings (SSSR count). The summed E-state index contributed by atoms with van der Waals surface area (Å²) in [6.07, 6.45) is -0.420. The molecular formula is C21H20ClF3N6O4. The van der Waals surface area contributed by atoms with E-state index in [4.69, 9.17) is 25.9 Å². The summed E-state index contributed by atoms with van der Waals surface area (Å²) in [4.78, 5) is 30.3. The third-order valence-electron chi connectivity index (χ3n) is 4.61. The van der Waals surface area contributed by atoms with Crippen LogP contribution in [0.3, 0.4) is 0 Å². The van der Waals surface area contributed by atoms with Crippen LogP contribution in [-0.4, -0.2) is 44.2 Å². The molecule has 0 saturated carbocycles. The number of carbonyl (C=O) groups is 2. The van der Waals surface area contributed by atoms with Crippen LogP contribution in [-0.2, 0) is 9.59 Å². The minimum atomic E-state index is -5.19. The summed E-state index contributed by atoms with van der Waals surface area (Å²) in [5.41, 5.74) is 5.03. The number of nitrogens with zero attached hydrogens (tertiary/aromatic N) is 4. The molecule has 35 heavy (non-hydrogen) atoms. The third kappa shape index (κ3) is 6.67. The number of aromatic nitrogens is 4. The molecule has 0 atom stereocenters. The molecule has 1 aromatic carbocycles. The molecule has 0 radical (unpaired) electrons. The molecule has 3 heterocycles. The van der Waals surface area contributed by atoms with E-state index in [1.165, 1.54) is 4.52 Å². The SMILES string of the molecule is O=C([O-])C(F)(F)F.[NH3+]CCCCCC(=O)Nc1nc2ccc(Cl)cc2c2nc(-c3ccco3)nn12. The summed E-state index contributed by atoms with van der Waals surface area (Å²) >= 11 is 6.15. The van der Waals surface area contributed by atoms with Crippen molar-refractivity contribution in [3.8, 4) is 11.6 Å². The van der Waals surface area contributed by atoms with Crippen LogP contribution in [0.2, 0.25) is 5.02 Å². The van der Waals surface area contributed by atoms with E-state index in [1.54, 1.807) is 36.6 Å². The van der Waals surface area contributed by atoms with Crippen LogP contribution in [0.4, 0.5) is 19.1 Å². The van der Waals surface area contributed by atoms with E-state index in [9.17, 15) is 18.0 Å². The van der Waals surface area contributed by atoms with Crippen LogP contribution in [0.15, 0.2) is 41.0 Å². The first-order valence-corrected chi connectivity index (χ1v) is 10.7. The number of aliphatic carboxylic acids is 1. The van der Waals surface area contributed by atoms with Gasteiger partial charge in [0.1, 0.15) is 5.97 Å². The van der Waals surface area contributed by atoms with Crippen LogP contribution in [0.1, 0.15) is 25.7 Å². The molecular weight excluding hydrogens is 493 g/mol. The van der Waals surface area contributed by atoms with Crippen molar-refractivity contribution in [2.24, 2.45) is 0 Å². The van der Waals surface area contributed by atoms with Crippen molar-refractivity contribution in [2.75, 3.05) is 11.9 Å². The Morgan fingerprint density at radius 1 is 1.17 bits per heavy atom. The Bertz CT molecular complexity index is 1320. The van der Waals surface area contributed by atoms with Gasteiger partial charge in [-0.05, 0) is 49.6 Å². The number of hydrogen-bond acceptors (Lipinski definition) is 7. The zero-order valence-electron chi connectivity index (χ0n) is 18.1. The number of carboxylic acids is 1. The predicted molar refractivity (Wildman–Crippen MR) is 117 cm³/mol. The number of fused-ring (bicyclic) bond motifs is 3. The van der Waals surface area contributed by atoms with Gasteiger partial charge in [0, 0.05) is 16.8 Å². The largest absolute Gasteiger partial charge is 0.542 e. The standard InChI is InChI=1S/C19H19ClN6O2.C2HF3O2/c20-12-7-8-14-13(11-12)18-24-17(15-5-4-10-28-15)25-26(18)19(22-14)23-16(27)6-2-1-3-9-21;3-2(4,5)1(6)7/h4-5,7-8,10-11H,1-3,6,9,21H2,(H,22,23,27);(H,6,7). The maximum absolute atomic E-state index is 12.4.